The largest absolute Gasteiger partial charge is 0.505 e. The molecule has 2 aromatic rings. The fourth-order valence-electron chi connectivity index (χ4n) is 6.75. The highest BCUT2D eigenvalue weighted by Gasteiger charge is 2.60. The summed E-state index contributed by atoms with van der Waals surface area (Å²) < 4.78 is 17.8. The summed E-state index contributed by atoms with van der Waals surface area (Å²) in [5, 5.41) is 26.7. The number of carbonyl (C=O) groups is 4. The number of allylic oxidation sites excluding steroid dienone is 2. The molecule has 14 heteroatoms. The summed E-state index contributed by atoms with van der Waals surface area (Å²) in [5.74, 6) is -3.89. The van der Waals surface area contributed by atoms with Crippen LogP contribution in [-0.4, -0.2) is 94.5 Å². The minimum Gasteiger partial charge on any atom is -0.505 e. The molecule has 9 atom stereocenters. The maximum atomic E-state index is 14.3. The molecule has 2 aliphatic rings. The van der Waals surface area contributed by atoms with Crippen LogP contribution >= 0.6 is 23.2 Å². The van der Waals surface area contributed by atoms with Crippen LogP contribution < -0.4 is 10.6 Å². The number of aromatic hydroxyl groups is 1. The molecule has 1 saturated heterocycles. The van der Waals surface area contributed by atoms with Crippen molar-refractivity contribution in [3.05, 3.63) is 87.9 Å². The van der Waals surface area contributed by atoms with Crippen molar-refractivity contribution in [3.63, 3.8) is 0 Å². The zero-order chi connectivity index (χ0) is 40.8. The Labute approximate surface area is 333 Å². The molecule has 300 valence electrons. The zero-order valence-corrected chi connectivity index (χ0v) is 34.1. The van der Waals surface area contributed by atoms with Gasteiger partial charge in [0.15, 0.2) is 17.4 Å². The van der Waals surface area contributed by atoms with Crippen molar-refractivity contribution in [2.24, 2.45) is 11.8 Å². The number of hydrogen-bond acceptors (Lipinski definition) is 9. The predicted molar refractivity (Wildman–Crippen MR) is 209 cm³/mol. The third-order valence-corrected chi connectivity index (χ3v) is 11.0. The second kappa shape index (κ2) is 18.3. The van der Waals surface area contributed by atoms with Crippen LogP contribution in [0.25, 0.3) is 0 Å². The molecule has 0 aromatic heterocycles. The predicted octanol–water partition coefficient (Wildman–Crippen LogP) is 5.46. The standard InChI is InChI=1S/C41H53Cl2N3O9/c1-9-23(2)32-37(49)44-30(21-25-19-28(42)33(47)29(43)20-25)36(48)45-35(40(4,5)52)38(50)54-34(26-16-11-10-12-17-26)24(3)15-13-14-18-27(53-8)22-31-41(6,55-31)39(51)46(32)7/h10-20,23-24,27,30-32,34-35,47,52H,9,21-22H2,1-8H3,(H,44,49)(H,45,48)/b15-13+,18-14+/t23-,24+,27-,30+,31-,32-,34-,35+,41+/m0/s1. The zero-order valence-electron chi connectivity index (χ0n) is 32.5. The minimum atomic E-state index is -1.83. The third kappa shape index (κ3) is 10.7. The lowest BCUT2D eigenvalue weighted by molar-refractivity contribution is -0.162. The first kappa shape index (κ1) is 43.8. The van der Waals surface area contributed by atoms with Crippen molar-refractivity contribution in [3.8, 4) is 5.75 Å². The van der Waals surface area contributed by atoms with E-state index in [0.29, 0.717) is 24.0 Å². The quantitative estimate of drug-likeness (QED) is 0.210. The van der Waals surface area contributed by atoms with Gasteiger partial charge in [0, 0.05) is 32.9 Å². The maximum absolute atomic E-state index is 14.3. The number of fused-ring (bicyclic) bond motifs is 1. The first-order chi connectivity index (χ1) is 25.8. The van der Waals surface area contributed by atoms with E-state index in [2.05, 4.69) is 10.6 Å². The Morgan fingerprint density at radius 2 is 1.65 bits per heavy atom. The number of phenolic OH excluding ortho intramolecular Hbond substituents is 1. The number of esters is 1. The number of phenols is 1. The number of halogens is 2. The molecule has 2 heterocycles. The average Bonchev–Trinajstić information content (AvgIpc) is 3.80. The molecule has 0 radical (unpaired) electrons. The minimum absolute atomic E-state index is 0.0778. The third-order valence-electron chi connectivity index (χ3n) is 10.4. The van der Waals surface area contributed by atoms with Gasteiger partial charge < -0.3 is 40.0 Å². The SMILES string of the molecule is CC[C@H](C)[C@H]1C(=O)N[C@H](Cc2cc(Cl)c(O)c(Cl)c2)C(=O)N[C@@H](C(C)(C)O)C(=O)O[C@H](c2ccccc2)[C@H](C)/C=C/C=C/[C@H](OC)C[C@@H]2O[C@@]2(C)C(=O)N1C. The van der Waals surface area contributed by atoms with Crippen LogP contribution in [0.2, 0.25) is 10.0 Å². The van der Waals surface area contributed by atoms with E-state index in [0.717, 1.165) is 0 Å². The smallest absolute Gasteiger partial charge is 0.332 e. The van der Waals surface area contributed by atoms with Gasteiger partial charge in [0.05, 0.1) is 27.9 Å². The van der Waals surface area contributed by atoms with E-state index in [9.17, 15) is 29.4 Å². The first-order valence-electron chi connectivity index (χ1n) is 18.4. The highest BCUT2D eigenvalue weighted by atomic mass is 35.5. The molecule has 2 aromatic carbocycles. The summed E-state index contributed by atoms with van der Waals surface area (Å²) >= 11 is 12.4. The number of hydrogen-bond donors (Lipinski definition) is 4. The summed E-state index contributed by atoms with van der Waals surface area (Å²) in [6, 6.07) is 7.88. The number of ether oxygens (including phenoxy) is 3. The summed E-state index contributed by atoms with van der Waals surface area (Å²) in [6.07, 6.45) is 6.30. The van der Waals surface area contributed by atoms with E-state index in [4.69, 9.17) is 37.4 Å². The number of likely N-dealkylation sites (N-methyl/N-ethyl adjacent to an activating group) is 1. The number of carbonyl (C=O) groups excluding carboxylic acids is 4. The van der Waals surface area contributed by atoms with Crippen molar-refractivity contribution < 1.29 is 43.6 Å². The second-order valence-electron chi connectivity index (χ2n) is 15.1. The van der Waals surface area contributed by atoms with Crippen LogP contribution in [0.1, 0.15) is 71.6 Å². The Morgan fingerprint density at radius 1 is 1.04 bits per heavy atom. The van der Waals surface area contributed by atoms with Crippen LogP contribution in [0.4, 0.5) is 0 Å². The average molecular weight is 803 g/mol. The number of benzene rings is 2. The molecule has 0 spiro atoms. The van der Waals surface area contributed by atoms with Crippen LogP contribution in [0.3, 0.4) is 0 Å². The lowest BCUT2D eigenvalue weighted by Crippen LogP contribution is -2.61. The Balaban J connectivity index is 1.81. The number of epoxide rings is 1. The van der Waals surface area contributed by atoms with Crippen LogP contribution in [0.15, 0.2) is 66.8 Å². The number of rotatable bonds is 7. The fourth-order valence-corrected chi connectivity index (χ4v) is 7.28. The number of methoxy groups -OCH3 is 1. The Kier molecular flexibility index (Phi) is 14.6. The Morgan fingerprint density at radius 3 is 2.24 bits per heavy atom. The topological polar surface area (TPSA) is 167 Å². The molecule has 4 rings (SSSR count). The van der Waals surface area contributed by atoms with Crippen LogP contribution in [0, 0.1) is 11.8 Å². The lowest BCUT2D eigenvalue weighted by Gasteiger charge is -2.35. The molecule has 55 heavy (non-hydrogen) atoms. The fraction of sp³-hybridized carbons (Fsp3) is 0.512. The van der Waals surface area contributed by atoms with Gasteiger partial charge in [-0.25, -0.2) is 4.79 Å². The summed E-state index contributed by atoms with van der Waals surface area (Å²) in [7, 11) is 3.09. The summed E-state index contributed by atoms with van der Waals surface area (Å²) in [4.78, 5) is 58.1. The van der Waals surface area contributed by atoms with Gasteiger partial charge in [-0.1, -0.05) is 105 Å². The van der Waals surface area contributed by atoms with Crippen molar-refractivity contribution in [1.29, 1.82) is 0 Å². The number of amides is 3. The highest BCUT2D eigenvalue weighted by molar-refractivity contribution is 6.37. The van der Waals surface area contributed by atoms with Crippen LogP contribution in [-0.2, 0) is 39.8 Å². The normalized spacial score (nSPS) is 30.5. The van der Waals surface area contributed by atoms with E-state index in [1.165, 1.54) is 37.9 Å². The van der Waals surface area contributed by atoms with Gasteiger partial charge >= 0.3 is 5.97 Å². The van der Waals surface area contributed by atoms with Gasteiger partial charge in [-0.05, 0) is 49.9 Å². The van der Waals surface area contributed by atoms with Gasteiger partial charge in [-0.2, -0.15) is 0 Å². The molecular weight excluding hydrogens is 749 g/mol. The van der Waals surface area contributed by atoms with Crippen LogP contribution in [0.5, 0.6) is 5.75 Å². The van der Waals surface area contributed by atoms with Crippen molar-refractivity contribution in [2.75, 3.05) is 14.2 Å². The second-order valence-corrected chi connectivity index (χ2v) is 15.9. The highest BCUT2D eigenvalue weighted by Crippen LogP contribution is 2.42. The number of nitrogens with one attached hydrogen (secondary N) is 2. The maximum Gasteiger partial charge on any atom is 0.332 e. The molecule has 1 fully saturated rings. The van der Waals surface area contributed by atoms with E-state index in [-0.39, 0.29) is 34.1 Å². The first-order valence-corrected chi connectivity index (χ1v) is 19.2. The molecule has 0 saturated carbocycles. The van der Waals surface area contributed by atoms with E-state index in [1.54, 1.807) is 14.0 Å². The molecule has 12 nitrogen and oxygen atoms in total. The van der Waals surface area contributed by atoms with Crippen molar-refractivity contribution in [2.45, 2.75) is 108 Å². The van der Waals surface area contributed by atoms with E-state index in [1.807, 2.05) is 75.4 Å². The van der Waals surface area contributed by atoms with Crippen molar-refractivity contribution >= 4 is 46.9 Å². The van der Waals surface area contributed by atoms with Gasteiger partial charge in [0.1, 0.15) is 18.2 Å². The lowest BCUT2D eigenvalue weighted by atomic mass is 9.93. The van der Waals surface area contributed by atoms with E-state index >= 15 is 0 Å². The number of cyclic esters (lactones) is 1. The molecule has 0 bridgehead atoms. The van der Waals surface area contributed by atoms with Gasteiger partial charge in [-0.3, -0.25) is 14.4 Å². The molecule has 0 unspecified atom stereocenters. The number of nitrogens with zero attached hydrogens (tertiary/aromatic N) is 1. The molecule has 0 aliphatic carbocycles. The monoisotopic (exact) mass is 801 g/mol. The van der Waals surface area contributed by atoms with Gasteiger partial charge in [0.25, 0.3) is 5.91 Å². The Hall–Kier alpha value is -3.94. The summed E-state index contributed by atoms with van der Waals surface area (Å²) in [6.45, 7) is 9.97. The molecule has 4 N–H and O–H groups in total. The molecular formula is C41H53Cl2N3O9. The van der Waals surface area contributed by atoms with Gasteiger partial charge in [0.2, 0.25) is 11.8 Å². The van der Waals surface area contributed by atoms with E-state index < -0.39 is 71.3 Å². The molecule has 3 amide bonds. The number of aliphatic hydroxyl groups is 1. The Bertz CT molecular complexity index is 1740. The summed E-state index contributed by atoms with van der Waals surface area (Å²) in [5.41, 5.74) is -1.99. The van der Waals surface area contributed by atoms with Crippen molar-refractivity contribution in [1.82, 2.24) is 15.5 Å². The van der Waals surface area contributed by atoms with Gasteiger partial charge in [-0.15, -0.1) is 0 Å². The molecule has 2 aliphatic heterocycles.